The Labute approximate surface area is 154 Å². The first-order chi connectivity index (χ1) is 12.2. The first-order valence-corrected chi connectivity index (χ1v) is 10.1. The largest absolute Gasteiger partial charge is 0.476 e. The molecule has 4 rings (SSSR count). The first-order valence-electron chi connectivity index (χ1n) is 10.1. The highest BCUT2D eigenvalue weighted by molar-refractivity contribution is 5.93. The fourth-order valence-electron chi connectivity index (χ4n) is 7.20. The number of aliphatic carboxylic acids is 1. The van der Waals surface area contributed by atoms with Crippen molar-refractivity contribution in [3.63, 3.8) is 0 Å². The van der Waals surface area contributed by atoms with E-state index in [1.807, 2.05) is 13.0 Å². The van der Waals surface area contributed by atoms with Crippen LogP contribution in [-0.4, -0.2) is 16.9 Å². The molecule has 0 bridgehead atoms. The standard InChI is InChI=1S/C22H29FO3/c1-12-11-22(3)13(10-18(12)24)4-5-14-15-6-7-17(19(23)20(25)26)21(15,2)9-8-16(14)22/h10,12,14-16H,4-9,11H2,1-3H3,(H,25,26)/t12-,14+,15+,16+,21+,22+/m1/s1. The van der Waals surface area contributed by atoms with E-state index in [9.17, 15) is 14.0 Å². The van der Waals surface area contributed by atoms with Crippen molar-refractivity contribution in [3.8, 4) is 0 Å². The number of carbonyl (C=O) groups is 2. The Kier molecular flexibility index (Phi) is 3.98. The third-order valence-corrected chi connectivity index (χ3v) is 8.51. The lowest BCUT2D eigenvalue weighted by atomic mass is 9.46. The molecule has 0 aliphatic heterocycles. The number of allylic oxidation sites excluding steroid dienone is 2. The predicted octanol–water partition coefficient (Wildman–Crippen LogP) is 5.07. The Morgan fingerprint density at radius 3 is 2.54 bits per heavy atom. The number of carbonyl (C=O) groups excluding carboxylic acids is 1. The molecule has 0 spiro atoms. The van der Waals surface area contributed by atoms with Gasteiger partial charge in [0.25, 0.3) is 0 Å². The molecule has 4 aliphatic carbocycles. The maximum Gasteiger partial charge on any atom is 0.364 e. The number of fused-ring (bicyclic) bond motifs is 5. The summed E-state index contributed by atoms with van der Waals surface area (Å²) in [6.07, 6.45) is 8.20. The quantitative estimate of drug-likeness (QED) is 0.664. The predicted molar refractivity (Wildman–Crippen MR) is 97.0 cm³/mol. The fraction of sp³-hybridized carbons (Fsp3) is 0.727. The average Bonchev–Trinajstić information content (AvgIpc) is 2.92. The van der Waals surface area contributed by atoms with Gasteiger partial charge in [0.15, 0.2) is 5.78 Å². The molecule has 0 unspecified atom stereocenters. The van der Waals surface area contributed by atoms with Crippen molar-refractivity contribution < 1.29 is 19.1 Å². The number of halogens is 1. The monoisotopic (exact) mass is 360 g/mol. The second-order valence-electron chi connectivity index (χ2n) is 9.60. The molecular weight excluding hydrogens is 331 g/mol. The fourth-order valence-corrected chi connectivity index (χ4v) is 7.20. The molecule has 4 aliphatic rings. The molecule has 4 heteroatoms. The van der Waals surface area contributed by atoms with Gasteiger partial charge in [0.1, 0.15) is 0 Å². The molecule has 3 nitrogen and oxygen atoms in total. The van der Waals surface area contributed by atoms with E-state index in [-0.39, 0.29) is 22.5 Å². The molecule has 0 amide bonds. The zero-order chi connectivity index (χ0) is 18.9. The minimum atomic E-state index is -1.41. The zero-order valence-electron chi connectivity index (χ0n) is 16.0. The molecule has 1 N–H and O–H groups in total. The number of hydrogen-bond acceptors (Lipinski definition) is 2. The first kappa shape index (κ1) is 17.9. The van der Waals surface area contributed by atoms with E-state index in [4.69, 9.17) is 5.11 Å². The smallest absolute Gasteiger partial charge is 0.364 e. The Morgan fingerprint density at radius 2 is 1.85 bits per heavy atom. The molecule has 0 aromatic heterocycles. The molecule has 6 atom stereocenters. The zero-order valence-corrected chi connectivity index (χ0v) is 16.0. The van der Waals surface area contributed by atoms with Crippen LogP contribution in [0.4, 0.5) is 4.39 Å². The van der Waals surface area contributed by atoms with Crippen molar-refractivity contribution >= 4 is 11.8 Å². The van der Waals surface area contributed by atoms with Gasteiger partial charge < -0.3 is 5.11 Å². The number of ketones is 1. The van der Waals surface area contributed by atoms with Gasteiger partial charge in [-0.05, 0) is 85.2 Å². The van der Waals surface area contributed by atoms with Crippen LogP contribution in [0.25, 0.3) is 0 Å². The molecule has 0 heterocycles. The van der Waals surface area contributed by atoms with E-state index in [0.717, 1.165) is 38.5 Å². The molecule has 0 aromatic carbocycles. The average molecular weight is 360 g/mol. The van der Waals surface area contributed by atoms with E-state index in [0.29, 0.717) is 29.7 Å². The molecule has 0 aromatic rings. The Hall–Kier alpha value is -1.45. The van der Waals surface area contributed by atoms with Gasteiger partial charge in [0.05, 0.1) is 0 Å². The van der Waals surface area contributed by atoms with Crippen molar-refractivity contribution in [2.75, 3.05) is 0 Å². The summed E-state index contributed by atoms with van der Waals surface area (Å²) in [6, 6.07) is 0. The normalized spacial score (nSPS) is 46.8. The van der Waals surface area contributed by atoms with Crippen molar-refractivity contribution in [1.82, 2.24) is 0 Å². The van der Waals surface area contributed by atoms with E-state index < -0.39 is 11.8 Å². The highest BCUT2D eigenvalue weighted by atomic mass is 19.1. The summed E-state index contributed by atoms with van der Waals surface area (Å²) in [5.74, 6) is -0.561. The van der Waals surface area contributed by atoms with Crippen LogP contribution in [0.15, 0.2) is 23.0 Å². The van der Waals surface area contributed by atoms with Crippen LogP contribution in [0.2, 0.25) is 0 Å². The second kappa shape index (κ2) is 5.77. The summed E-state index contributed by atoms with van der Waals surface area (Å²) in [4.78, 5) is 23.4. The molecule has 0 radical (unpaired) electrons. The van der Waals surface area contributed by atoms with E-state index in [2.05, 4.69) is 13.8 Å². The Balaban J connectivity index is 1.70. The van der Waals surface area contributed by atoms with Gasteiger partial charge in [-0.1, -0.05) is 26.3 Å². The van der Waals surface area contributed by atoms with Gasteiger partial charge in [0.2, 0.25) is 5.83 Å². The molecular formula is C22H29FO3. The summed E-state index contributed by atoms with van der Waals surface area (Å²) in [6.45, 7) is 6.47. The SMILES string of the molecule is C[C@@H]1C[C@@]2(C)C(=CC1=O)CC[C@@H]1[C@@H]2CC[C@]2(C)C(=C(F)C(=O)O)CC[C@@H]12. The van der Waals surface area contributed by atoms with E-state index >= 15 is 0 Å². The summed E-state index contributed by atoms with van der Waals surface area (Å²) >= 11 is 0. The van der Waals surface area contributed by atoms with Crippen LogP contribution >= 0.6 is 0 Å². The van der Waals surface area contributed by atoms with E-state index in [1.165, 1.54) is 5.57 Å². The van der Waals surface area contributed by atoms with Gasteiger partial charge in [-0.2, -0.15) is 4.39 Å². The number of hydrogen-bond donors (Lipinski definition) is 1. The van der Waals surface area contributed by atoms with Gasteiger partial charge in [-0.15, -0.1) is 0 Å². The number of rotatable bonds is 1. The van der Waals surface area contributed by atoms with Crippen LogP contribution in [0, 0.1) is 34.5 Å². The maximum atomic E-state index is 14.3. The highest BCUT2D eigenvalue weighted by Crippen LogP contribution is 2.67. The third-order valence-electron chi connectivity index (χ3n) is 8.51. The Morgan fingerprint density at radius 1 is 1.15 bits per heavy atom. The second-order valence-corrected chi connectivity index (χ2v) is 9.60. The van der Waals surface area contributed by atoms with Crippen molar-refractivity contribution in [3.05, 3.63) is 23.0 Å². The van der Waals surface area contributed by atoms with Crippen LogP contribution in [0.3, 0.4) is 0 Å². The van der Waals surface area contributed by atoms with Crippen LogP contribution in [0.1, 0.15) is 65.7 Å². The van der Waals surface area contributed by atoms with Gasteiger partial charge in [-0.3, -0.25) is 4.79 Å². The lowest BCUT2D eigenvalue weighted by molar-refractivity contribution is -0.134. The van der Waals surface area contributed by atoms with Crippen LogP contribution in [-0.2, 0) is 9.59 Å². The van der Waals surface area contributed by atoms with Crippen molar-refractivity contribution in [2.24, 2.45) is 34.5 Å². The summed E-state index contributed by atoms with van der Waals surface area (Å²) in [7, 11) is 0. The third kappa shape index (κ3) is 2.30. The van der Waals surface area contributed by atoms with Crippen molar-refractivity contribution in [1.29, 1.82) is 0 Å². The lowest BCUT2D eigenvalue weighted by Crippen LogP contribution is -2.50. The molecule has 3 saturated carbocycles. The van der Waals surface area contributed by atoms with Crippen molar-refractivity contribution in [2.45, 2.75) is 65.7 Å². The van der Waals surface area contributed by atoms with Crippen LogP contribution in [0.5, 0.6) is 0 Å². The van der Waals surface area contributed by atoms with Gasteiger partial charge in [0, 0.05) is 5.92 Å². The highest BCUT2D eigenvalue weighted by Gasteiger charge is 2.58. The molecule has 3 fully saturated rings. The molecule has 26 heavy (non-hydrogen) atoms. The molecule has 142 valence electrons. The van der Waals surface area contributed by atoms with Gasteiger partial charge >= 0.3 is 5.97 Å². The maximum absolute atomic E-state index is 14.3. The van der Waals surface area contributed by atoms with Crippen LogP contribution < -0.4 is 0 Å². The number of carboxylic acid groups (broad SMARTS) is 1. The lowest BCUT2D eigenvalue weighted by Gasteiger charge is -2.58. The Bertz CT molecular complexity index is 736. The topological polar surface area (TPSA) is 54.4 Å². The summed E-state index contributed by atoms with van der Waals surface area (Å²) in [5, 5.41) is 9.16. The minimum absolute atomic E-state index is 0.0788. The minimum Gasteiger partial charge on any atom is -0.476 e. The summed E-state index contributed by atoms with van der Waals surface area (Å²) in [5.41, 5.74) is 1.65. The summed E-state index contributed by atoms with van der Waals surface area (Å²) < 4.78 is 14.3. The van der Waals surface area contributed by atoms with Gasteiger partial charge in [-0.25, -0.2) is 4.79 Å². The molecule has 0 saturated heterocycles. The number of carboxylic acids is 1. The van der Waals surface area contributed by atoms with E-state index in [1.54, 1.807) is 0 Å².